The highest BCUT2D eigenvalue weighted by atomic mass is 16.2. The molecule has 112 valence electrons. The largest absolute Gasteiger partial charge is 0.344 e. The number of nitrogens with one attached hydrogen (secondary N) is 1. The van der Waals surface area contributed by atoms with E-state index in [-0.39, 0.29) is 17.9 Å². The second kappa shape index (κ2) is 5.88. The summed E-state index contributed by atoms with van der Waals surface area (Å²) in [6.07, 6.45) is 3.47. The van der Waals surface area contributed by atoms with Gasteiger partial charge in [0.05, 0.1) is 0 Å². The summed E-state index contributed by atoms with van der Waals surface area (Å²) in [6, 6.07) is 7.94. The summed E-state index contributed by atoms with van der Waals surface area (Å²) in [6.45, 7) is 3.26. The second-order valence-corrected chi connectivity index (χ2v) is 6.01. The van der Waals surface area contributed by atoms with E-state index in [1.807, 2.05) is 17.0 Å². The van der Waals surface area contributed by atoms with Crippen LogP contribution in [0.25, 0.3) is 0 Å². The molecule has 3 rings (SSSR count). The molecule has 1 unspecified atom stereocenters. The lowest BCUT2D eigenvalue weighted by Gasteiger charge is -2.25. The highest BCUT2D eigenvalue weighted by Crippen LogP contribution is 2.34. The van der Waals surface area contributed by atoms with Crippen molar-refractivity contribution in [3.63, 3.8) is 0 Å². The smallest absolute Gasteiger partial charge is 0.245 e. The van der Waals surface area contributed by atoms with Gasteiger partial charge in [-0.25, -0.2) is 0 Å². The maximum Gasteiger partial charge on any atom is 0.245 e. The van der Waals surface area contributed by atoms with E-state index in [1.165, 1.54) is 11.1 Å². The Labute approximate surface area is 125 Å². The summed E-state index contributed by atoms with van der Waals surface area (Å²) in [4.78, 5) is 26.3. The normalized spacial score (nSPS) is 22.9. The molecule has 2 amide bonds. The average Bonchev–Trinajstić information content (AvgIpc) is 3.33. The summed E-state index contributed by atoms with van der Waals surface area (Å²) in [5, 5.41) is 2.90. The fourth-order valence-electron chi connectivity index (χ4n) is 3.02. The van der Waals surface area contributed by atoms with E-state index in [0.717, 1.165) is 19.3 Å². The fraction of sp³-hybridized carbons (Fsp3) is 0.529. The third-order valence-corrected chi connectivity index (χ3v) is 4.46. The SMILES string of the molecule is CCc1ccccc1CN1CCC(=O)NC(C2CC2)C1=O. The zero-order valence-electron chi connectivity index (χ0n) is 12.5. The summed E-state index contributed by atoms with van der Waals surface area (Å²) in [5.74, 6) is 0.448. The highest BCUT2D eigenvalue weighted by Gasteiger charge is 2.40. The lowest BCUT2D eigenvalue weighted by Crippen LogP contribution is -2.45. The van der Waals surface area contributed by atoms with Crippen molar-refractivity contribution in [1.82, 2.24) is 10.2 Å². The van der Waals surface area contributed by atoms with Crippen LogP contribution in [0, 0.1) is 5.92 Å². The van der Waals surface area contributed by atoms with Gasteiger partial charge in [-0.15, -0.1) is 0 Å². The molecule has 0 radical (unpaired) electrons. The Morgan fingerprint density at radius 3 is 2.57 bits per heavy atom. The number of amides is 2. The van der Waals surface area contributed by atoms with Crippen LogP contribution in [0.2, 0.25) is 0 Å². The van der Waals surface area contributed by atoms with Crippen LogP contribution in [-0.4, -0.2) is 29.3 Å². The van der Waals surface area contributed by atoms with Gasteiger partial charge in [0.2, 0.25) is 11.8 Å². The van der Waals surface area contributed by atoms with Gasteiger partial charge < -0.3 is 10.2 Å². The fourth-order valence-corrected chi connectivity index (χ4v) is 3.02. The van der Waals surface area contributed by atoms with Crippen LogP contribution in [-0.2, 0) is 22.6 Å². The molecule has 1 saturated carbocycles. The number of aryl methyl sites for hydroxylation is 1. The second-order valence-electron chi connectivity index (χ2n) is 6.01. The van der Waals surface area contributed by atoms with Gasteiger partial charge in [-0.05, 0) is 36.3 Å². The Kier molecular flexibility index (Phi) is 3.95. The zero-order chi connectivity index (χ0) is 14.8. The van der Waals surface area contributed by atoms with Crippen molar-refractivity contribution < 1.29 is 9.59 Å². The molecule has 1 heterocycles. The first-order valence-corrected chi connectivity index (χ1v) is 7.84. The molecule has 0 bridgehead atoms. The minimum atomic E-state index is -0.297. The molecular weight excluding hydrogens is 264 g/mol. The molecule has 1 N–H and O–H groups in total. The number of benzene rings is 1. The molecule has 4 heteroatoms. The number of hydrogen-bond donors (Lipinski definition) is 1. The lowest BCUT2D eigenvalue weighted by molar-refractivity contribution is -0.134. The first kappa shape index (κ1) is 14.1. The summed E-state index contributed by atoms with van der Waals surface area (Å²) in [5.41, 5.74) is 2.47. The molecule has 0 spiro atoms. The van der Waals surface area contributed by atoms with Crippen molar-refractivity contribution >= 4 is 11.8 Å². The Bertz CT molecular complexity index is 551. The number of rotatable bonds is 4. The molecule has 1 aliphatic heterocycles. The van der Waals surface area contributed by atoms with E-state index in [2.05, 4.69) is 24.4 Å². The van der Waals surface area contributed by atoms with Crippen molar-refractivity contribution in [2.24, 2.45) is 5.92 Å². The third-order valence-electron chi connectivity index (χ3n) is 4.46. The maximum atomic E-state index is 12.7. The van der Waals surface area contributed by atoms with Gasteiger partial charge >= 0.3 is 0 Å². The van der Waals surface area contributed by atoms with Crippen LogP contribution < -0.4 is 5.32 Å². The van der Waals surface area contributed by atoms with Crippen molar-refractivity contribution in [1.29, 1.82) is 0 Å². The van der Waals surface area contributed by atoms with Crippen LogP contribution in [0.5, 0.6) is 0 Å². The minimum Gasteiger partial charge on any atom is -0.344 e. The highest BCUT2D eigenvalue weighted by molar-refractivity contribution is 5.90. The van der Waals surface area contributed by atoms with Crippen LogP contribution in [0.3, 0.4) is 0 Å². The molecule has 1 aromatic rings. The Morgan fingerprint density at radius 1 is 1.19 bits per heavy atom. The zero-order valence-corrected chi connectivity index (χ0v) is 12.5. The summed E-state index contributed by atoms with van der Waals surface area (Å²) >= 11 is 0. The molecule has 4 nitrogen and oxygen atoms in total. The number of hydrogen-bond acceptors (Lipinski definition) is 2. The first-order valence-electron chi connectivity index (χ1n) is 7.84. The number of nitrogens with zero attached hydrogens (tertiary/aromatic N) is 1. The number of carbonyl (C=O) groups excluding carboxylic acids is 2. The molecule has 2 fully saturated rings. The summed E-state index contributed by atoms with van der Waals surface area (Å²) in [7, 11) is 0. The minimum absolute atomic E-state index is 0.00604. The van der Waals surface area contributed by atoms with Crippen molar-refractivity contribution in [2.45, 2.75) is 45.2 Å². The van der Waals surface area contributed by atoms with Crippen LogP contribution in [0.4, 0.5) is 0 Å². The monoisotopic (exact) mass is 286 g/mol. The van der Waals surface area contributed by atoms with Gasteiger partial charge in [-0.2, -0.15) is 0 Å². The quantitative estimate of drug-likeness (QED) is 0.918. The van der Waals surface area contributed by atoms with Gasteiger partial charge in [-0.3, -0.25) is 9.59 Å². The van der Waals surface area contributed by atoms with Crippen molar-refractivity contribution in [3.05, 3.63) is 35.4 Å². The molecular formula is C17H22N2O2. The topological polar surface area (TPSA) is 49.4 Å². The molecule has 0 aromatic heterocycles. The Balaban J connectivity index is 1.79. The van der Waals surface area contributed by atoms with E-state index in [0.29, 0.717) is 25.4 Å². The third kappa shape index (κ3) is 3.09. The average molecular weight is 286 g/mol. The van der Waals surface area contributed by atoms with Gasteiger partial charge in [0, 0.05) is 19.5 Å². The van der Waals surface area contributed by atoms with E-state index < -0.39 is 0 Å². The van der Waals surface area contributed by atoms with Crippen LogP contribution >= 0.6 is 0 Å². The van der Waals surface area contributed by atoms with Crippen molar-refractivity contribution in [3.8, 4) is 0 Å². The molecule has 21 heavy (non-hydrogen) atoms. The standard InChI is InChI=1S/C17H22N2O2/c1-2-12-5-3-4-6-14(12)11-19-10-9-15(20)18-16(17(19)21)13-7-8-13/h3-6,13,16H,2,7-11H2,1H3,(H,18,20). The Morgan fingerprint density at radius 2 is 1.90 bits per heavy atom. The van der Waals surface area contributed by atoms with Crippen molar-refractivity contribution in [2.75, 3.05) is 6.54 Å². The summed E-state index contributed by atoms with van der Waals surface area (Å²) < 4.78 is 0. The molecule has 1 aromatic carbocycles. The van der Waals surface area contributed by atoms with E-state index in [4.69, 9.17) is 0 Å². The number of carbonyl (C=O) groups is 2. The molecule has 1 aliphatic carbocycles. The predicted molar refractivity (Wildman–Crippen MR) is 80.5 cm³/mol. The molecule has 1 saturated heterocycles. The maximum absolute atomic E-state index is 12.7. The van der Waals surface area contributed by atoms with Gasteiger partial charge in [0.25, 0.3) is 0 Å². The van der Waals surface area contributed by atoms with Crippen LogP contribution in [0.1, 0.15) is 37.3 Å². The Hall–Kier alpha value is -1.84. The van der Waals surface area contributed by atoms with Gasteiger partial charge in [0.1, 0.15) is 6.04 Å². The predicted octanol–water partition coefficient (Wildman–Crippen LogP) is 1.88. The van der Waals surface area contributed by atoms with Gasteiger partial charge in [-0.1, -0.05) is 31.2 Å². The molecule has 2 aliphatic rings. The van der Waals surface area contributed by atoms with Crippen LogP contribution in [0.15, 0.2) is 24.3 Å². The first-order chi connectivity index (χ1) is 10.2. The van der Waals surface area contributed by atoms with E-state index >= 15 is 0 Å². The van der Waals surface area contributed by atoms with E-state index in [1.54, 1.807) is 0 Å². The lowest BCUT2D eigenvalue weighted by atomic mass is 10.0. The molecule has 1 atom stereocenters. The van der Waals surface area contributed by atoms with Gasteiger partial charge in [0.15, 0.2) is 0 Å². The van der Waals surface area contributed by atoms with E-state index in [9.17, 15) is 9.59 Å².